The second-order valence-electron chi connectivity index (χ2n) is 7.84. The molecule has 1 heterocycles. The summed E-state index contributed by atoms with van der Waals surface area (Å²) >= 11 is 1.70. The molecular weight excluding hydrogens is 402 g/mol. The number of hydrogen-bond donors (Lipinski definition) is 1. The maximum Gasteiger partial charge on any atom is 0.322 e. The molecule has 0 saturated carbocycles. The molecule has 4 nitrogen and oxygen atoms in total. The first-order valence-corrected chi connectivity index (χ1v) is 12.2. The van der Waals surface area contributed by atoms with Gasteiger partial charge >= 0.3 is 6.03 Å². The van der Waals surface area contributed by atoms with Gasteiger partial charge in [-0.15, -0.1) is 11.8 Å². The minimum atomic E-state index is -0.0448. The van der Waals surface area contributed by atoms with Crippen LogP contribution in [0.4, 0.5) is 10.5 Å². The van der Waals surface area contributed by atoms with E-state index in [2.05, 4.69) is 72.6 Å². The van der Waals surface area contributed by atoms with Crippen LogP contribution in [0, 0.1) is 6.92 Å². The van der Waals surface area contributed by atoms with Gasteiger partial charge in [0.05, 0.1) is 6.54 Å². The highest BCUT2D eigenvalue weighted by atomic mass is 32.2. The number of anilines is 1. The van der Waals surface area contributed by atoms with Gasteiger partial charge in [-0.3, -0.25) is 0 Å². The molecule has 2 amide bonds. The maximum atomic E-state index is 13.1. The summed E-state index contributed by atoms with van der Waals surface area (Å²) in [6, 6.07) is 20.6. The van der Waals surface area contributed by atoms with E-state index in [0.29, 0.717) is 6.54 Å². The average molecular weight is 436 g/mol. The maximum absolute atomic E-state index is 13.1. The summed E-state index contributed by atoms with van der Waals surface area (Å²) in [5.74, 6) is 0. The fourth-order valence-corrected chi connectivity index (χ4v) is 4.00. The van der Waals surface area contributed by atoms with Gasteiger partial charge in [0, 0.05) is 35.6 Å². The smallest absolute Gasteiger partial charge is 0.322 e. The van der Waals surface area contributed by atoms with Gasteiger partial charge in [0.25, 0.3) is 0 Å². The third kappa shape index (κ3) is 6.66. The zero-order chi connectivity index (χ0) is 22.1. The first-order valence-electron chi connectivity index (χ1n) is 11.0. The highest BCUT2D eigenvalue weighted by Crippen LogP contribution is 2.19. The zero-order valence-electron chi connectivity index (χ0n) is 18.8. The molecule has 0 bridgehead atoms. The van der Waals surface area contributed by atoms with Crippen molar-refractivity contribution < 1.29 is 4.79 Å². The summed E-state index contributed by atoms with van der Waals surface area (Å²) in [5.41, 5.74) is 4.57. The molecule has 164 valence electrons. The van der Waals surface area contributed by atoms with Crippen LogP contribution < -0.4 is 5.32 Å². The Morgan fingerprint density at radius 3 is 2.52 bits per heavy atom. The molecule has 0 atom stereocenters. The quantitative estimate of drug-likeness (QED) is 0.281. The Bertz CT molecular complexity index is 965. The van der Waals surface area contributed by atoms with E-state index in [9.17, 15) is 4.79 Å². The second-order valence-corrected chi connectivity index (χ2v) is 8.72. The number of aryl methyl sites for hydroxylation is 1. The van der Waals surface area contributed by atoms with Gasteiger partial charge in [-0.05, 0) is 67.1 Å². The molecule has 3 aromatic rings. The monoisotopic (exact) mass is 435 g/mol. The number of nitrogens with zero attached hydrogens (tertiary/aromatic N) is 2. The Morgan fingerprint density at radius 1 is 1.03 bits per heavy atom. The molecular formula is C26H33N3OS. The van der Waals surface area contributed by atoms with E-state index in [4.69, 9.17) is 0 Å². The van der Waals surface area contributed by atoms with Crippen molar-refractivity contribution >= 4 is 23.5 Å². The Balaban J connectivity index is 1.72. The van der Waals surface area contributed by atoms with Crippen LogP contribution in [0.15, 0.2) is 71.8 Å². The van der Waals surface area contributed by atoms with Crippen molar-refractivity contribution in [2.24, 2.45) is 0 Å². The number of urea groups is 1. The van der Waals surface area contributed by atoms with Crippen LogP contribution in [0.1, 0.15) is 43.0 Å². The van der Waals surface area contributed by atoms with Crippen molar-refractivity contribution in [3.05, 3.63) is 83.7 Å². The molecule has 0 aliphatic rings. The van der Waals surface area contributed by atoms with Gasteiger partial charge in [-0.25, -0.2) is 4.79 Å². The van der Waals surface area contributed by atoms with E-state index < -0.39 is 0 Å². The number of nitrogens with one attached hydrogen (secondary N) is 1. The van der Waals surface area contributed by atoms with Gasteiger partial charge in [0.15, 0.2) is 0 Å². The highest BCUT2D eigenvalue weighted by Gasteiger charge is 2.16. The second kappa shape index (κ2) is 11.7. The SMILES string of the molecule is CCCCCN(Cc1cccn1Cc1ccccc1C)C(=O)Nc1ccc(SC)cc1. The van der Waals surface area contributed by atoms with E-state index in [1.165, 1.54) is 16.0 Å². The topological polar surface area (TPSA) is 37.3 Å². The van der Waals surface area contributed by atoms with E-state index in [0.717, 1.165) is 43.7 Å². The van der Waals surface area contributed by atoms with Crippen LogP contribution in [0.25, 0.3) is 0 Å². The molecule has 1 N–H and O–H groups in total. The van der Waals surface area contributed by atoms with Crippen LogP contribution >= 0.6 is 11.8 Å². The van der Waals surface area contributed by atoms with E-state index in [1.807, 2.05) is 29.2 Å². The lowest BCUT2D eigenvalue weighted by Crippen LogP contribution is -2.36. The van der Waals surface area contributed by atoms with Crippen molar-refractivity contribution in [3.8, 4) is 0 Å². The van der Waals surface area contributed by atoms with Crippen molar-refractivity contribution in [2.45, 2.75) is 51.1 Å². The molecule has 0 aliphatic carbocycles. The van der Waals surface area contributed by atoms with Gasteiger partial charge in [0.1, 0.15) is 0 Å². The molecule has 1 aromatic heterocycles. The summed E-state index contributed by atoms with van der Waals surface area (Å²) in [7, 11) is 0. The van der Waals surface area contributed by atoms with Gasteiger partial charge in [-0.2, -0.15) is 0 Å². The number of carbonyl (C=O) groups excluding carboxylic acids is 1. The normalized spacial score (nSPS) is 10.8. The number of unbranched alkanes of at least 4 members (excludes halogenated alkanes) is 2. The summed E-state index contributed by atoms with van der Waals surface area (Å²) in [6.45, 7) is 6.49. The minimum absolute atomic E-state index is 0.0448. The minimum Gasteiger partial charge on any atom is -0.345 e. The summed E-state index contributed by atoms with van der Waals surface area (Å²) in [6.07, 6.45) is 7.42. The molecule has 0 radical (unpaired) electrons. The summed E-state index contributed by atoms with van der Waals surface area (Å²) in [5, 5.41) is 3.08. The van der Waals surface area contributed by atoms with Crippen LogP contribution in [0.2, 0.25) is 0 Å². The fourth-order valence-electron chi connectivity index (χ4n) is 3.60. The van der Waals surface area contributed by atoms with Gasteiger partial charge < -0.3 is 14.8 Å². The molecule has 0 aliphatic heterocycles. The number of amides is 2. The van der Waals surface area contributed by atoms with Crippen molar-refractivity contribution in [2.75, 3.05) is 18.1 Å². The molecule has 31 heavy (non-hydrogen) atoms. The lowest BCUT2D eigenvalue weighted by Gasteiger charge is -2.24. The standard InChI is InChI=1S/C26H33N3OS/c1-4-5-8-17-29(26(30)27-23-13-15-25(31-3)16-14-23)20-24-12-9-18-28(24)19-22-11-7-6-10-21(22)2/h6-7,9-16,18H,4-5,8,17,19-20H2,1-3H3,(H,27,30). The lowest BCUT2D eigenvalue weighted by molar-refractivity contribution is 0.206. The third-order valence-electron chi connectivity index (χ3n) is 5.54. The predicted octanol–water partition coefficient (Wildman–Crippen LogP) is 6.79. The van der Waals surface area contributed by atoms with E-state index in [1.54, 1.807) is 11.8 Å². The van der Waals surface area contributed by atoms with Crippen LogP contribution in [0.3, 0.4) is 0 Å². The van der Waals surface area contributed by atoms with Crippen LogP contribution in [-0.2, 0) is 13.1 Å². The largest absolute Gasteiger partial charge is 0.345 e. The Hall–Kier alpha value is -2.66. The molecule has 0 spiro atoms. The molecule has 0 fully saturated rings. The number of hydrogen-bond acceptors (Lipinski definition) is 2. The first-order chi connectivity index (χ1) is 15.1. The fraction of sp³-hybridized carbons (Fsp3) is 0.346. The zero-order valence-corrected chi connectivity index (χ0v) is 19.6. The van der Waals surface area contributed by atoms with Crippen molar-refractivity contribution in [1.29, 1.82) is 0 Å². The lowest BCUT2D eigenvalue weighted by atomic mass is 10.1. The Kier molecular flexibility index (Phi) is 8.65. The number of thioether (sulfide) groups is 1. The summed E-state index contributed by atoms with van der Waals surface area (Å²) < 4.78 is 2.25. The summed E-state index contributed by atoms with van der Waals surface area (Å²) in [4.78, 5) is 16.2. The van der Waals surface area contributed by atoms with E-state index >= 15 is 0 Å². The number of rotatable bonds is 10. The van der Waals surface area contributed by atoms with Crippen LogP contribution in [-0.4, -0.2) is 28.3 Å². The third-order valence-corrected chi connectivity index (χ3v) is 6.28. The molecule has 2 aromatic carbocycles. The first kappa shape index (κ1) is 23.0. The highest BCUT2D eigenvalue weighted by molar-refractivity contribution is 7.98. The van der Waals surface area contributed by atoms with Crippen LogP contribution in [0.5, 0.6) is 0 Å². The van der Waals surface area contributed by atoms with Crippen molar-refractivity contribution in [1.82, 2.24) is 9.47 Å². The molecule has 0 unspecified atom stereocenters. The molecule has 3 rings (SSSR count). The van der Waals surface area contributed by atoms with E-state index in [-0.39, 0.29) is 6.03 Å². The predicted molar refractivity (Wildman–Crippen MR) is 132 cm³/mol. The molecule has 5 heteroatoms. The Morgan fingerprint density at radius 2 is 1.81 bits per heavy atom. The van der Waals surface area contributed by atoms with Crippen molar-refractivity contribution in [3.63, 3.8) is 0 Å². The molecule has 0 saturated heterocycles. The number of aromatic nitrogens is 1. The average Bonchev–Trinajstić information content (AvgIpc) is 3.22. The Labute approximate surface area is 190 Å². The van der Waals surface area contributed by atoms with Gasteiger partial charge in [-0.1, -0.05) is 44.0 Å². The number of carbonyl (C=O) groups is 1. The van der Waals surface area contributed by atoms with Gasteiger partial charge in [0.2, 0.25) is 0 Å². The number of benzene rings is 2.